The Balaban J connectivity index is 1.46. The zero-order chi connectivity index (χ0) is 20.8. The summed E-state index contributed by atoms with van der Waals surface area (Å²) in [6.07, 6.45) is 2.95. The number of benzene rings is 1. The van der Waals surface area contributed by atoms with Crippen LogP contribution in [0, 0.1) is 17.8 Å². The van der Waals surface area contributed by atoms with Crippen LogP contribution in [0.5, 0.6) is 0 Å². The molecule has 0 radical (unpaired) electrons. The number of carbonyl (C=O) groups is 2. The fourth-order valence-electron chi connectivity index (χ4n) is 3.77. The van der Waals surface area contributed by atoms with Gasteiger partial charge in [0.05, 0.1) is 0 Å². The van der Waals surface area contributed by atoms with Gasteiger partial charge in [-0.15, -0.1) is 10.2 Å². The molecule has 1 aromatic heterocycles. The minimum Gasteiger partial charge on any atom is -0.460 e. The van der Waals surface area contributed by atoms with Gasteiger partial charge in [0.2, 0.25) is 5.82 Å². The number of ether oxygens (including phenoxy) is 2. The molecular formula is C21H28N4O4. The van der Waals surface area contributed by atoms with Crippen LogP contribution in [0.1, 0.15) is 40.0 Å². The summed E-state index contributed by atoms with van der Waals surface area (Å²) in [6, 6.07) is 9.33. The maximum absolute atomic E-state index is 12.2. The van der Waals surface area contributed by atoms with E-state index in [4.69, 9.17) is 9.47 Å². The number of rotatable bonds is 7. The first-order valence-corrected chi connectivity index (χ1v) is 10.1. The van der Waals surface area contributed by atoms with Gasteiger partial charge in [0.1, 0.15) is 6.10 Å². The summed E-state index contributed by atoms with van der Waals surface area (Å²) in [5.41, 5.74) is 0.803. The highest BCUT2D eigenvalue weighted by Crippen LogP contribution is 2.35. The van der Waals surface area contributed by atoms with Crippen LogP contribution < -0.4 is 0 Å². The van der Waals surface area contributed by atoms with Crippen molar-refractivity contribution in [2.75, 3.05) is 6.61 Å². The second kappa shape index (κ2) is 9.62. The lowest BCUT2D eigenvalue weighted by Crippen LogP contribution is -2.37. The molecule has 0 amide bonds. The minimum atomic E-state index is -0.614. The molecule has 1 aliphatic carbocycles. The summed E-state index contributed by atoms with van der Waals surface area (Å²) in [7, 11) is 0. The monoisotopic (exact) mass is 400 g/mol. The van der Waals surface area contributed by atoms with E-state index in [9.17, 15) is 9.59 Å². The van der Waals surface area contributed by atoms with Crippen LogP contribution in [0.15, 0.2) is 30.3 Å². The Labute approximate surface area is 170 Å². The Bertz CT molecular complexity index is 821. The molecule has 3 rings (SSSR count). The Morgan fingerprint density at radius 2 is 1.93 bits per heavy atom. The highest BCUT2D eigenvalue weighted by Gasteiger charge is 2.33. The molecule has 0 saturated heterocycles. The van der Waals surface area contributed by atoms with E-state index < -0.39 is 18.5 Å². The largest absolute Gasteiger partial charge is 0.460 e. The van der Waals surface area contributed by atoms with E-state index in [0.29, 0.717) is 23.6 Å². The van der Waals surface area contributed by atoms with Crippen molar-refractivity contribution in [1.82, 2.24) is 20.2 Å². The topological polar surface area (TPSA) is 96.2 Å². The van der Waals surface area contributed by atoms with Crippen molar-refractivity contribution in [3.63, 3.8) is 0 Å². The second-order valence-corrected chi connectivity index (χ2v) is 8.02. The molecular weight excluding hydrogens is 372 g/mol. The van der Waals surface area contributed by atoms with Gasteiger partial charge in [-0.3, -0.25) is 0 Å². The van der Waals surface area contributed by atoms with E-state index in [1.165, 1.54) is 0 Å². The molecule has 8 nitrogen and oxygen atoms in total. The van der Waals surface area contributed by atoms with Crippen molar-refractivity contribution in [3.05, 3.63) is 30.3 Å². The van der Waals surface area contributed by atoms with E-state index in [0.717, 1.165) is 29.6 Å². The van der Waals surface area contributed by atoms with Gasteiger partial charge in [-0.25, -0.2) is 9.59 Å². The zero-order valence-electron chi connectivity index (χ0n) is 17.2. The fraction of sp³-hybridized carbons (Fsp3) is 0.571. The van der Waals surface area contributed by atoms with Crippen LogP contribution in [0.3, 0.4) is 0 Å². The van der Waals surface area contributed by atoms with Gasteiger partial charge in [0.15, 0.2) is 13.2 Å². The smallest absolute Gasteiger partial charge is 0.344 e. The van der Waals surface area contributed by atoms with Crippen LogP contribution in [0.4, 0.5) is 0 Å². The Morgan fingerprint density at radius 1 is 1.17 bits per heavy atom. The molecule has 1 heterocycles. The summed E-state index contributed by atoms with van der Waals surface area (Å²) in [6.45, 7) is 5.84. The third-order valence-electron chi connectivity index (χ3n) is 5.35. The molecule has 29 heavy (non-hydrogen) atoms. The summed E-state index contributed by atoms with van der Waals surface area (Å²) < 4.78 is 10.7. The Hall–Kier alpha value is -2.77. The second-order valence-electron chi connectivity index (χ2n) is 8.02. The first-order valence-electron chi connectivity index (χ1n) is 10.1. The predicted octanol–water partition coefficient (Wildman–Crippen LogP) is 2.89. The van der Waals surface area contributed by atoms with Gasteiger partial charge in [0, 0.05) is 5.56 Å². The maximum atomic E-state index is 12.2. The van der Waals surface area contributed by atoms with Crippen molar-refractivity contribution in [2.24, 2.45) is 17.8 Å². The molecule has 0 N–H and O–H groups in total. The fourth-order valence-corrected chi connectivity index (χ4v) is 3.77. The molecule has 1 aliphatic rings. The normalized spacial score (nSPS) is 21.7. The number of carbonyl (C=O) groups excluding carboxylic acids is 2. The van der Waals surface area contributed by atoms with Gasteiger partial charge in [-0.2, -0.15) is 4.80 Å². The van der Waals surface area contributed by atoms with E-state index >= 15 is 0 Å². The van der Waals surface area contributed by atoms with Crippen molar-refractivity contribution in [2.45, 2.75) is 52.7 Å². The predicted molar refractivity (Wildman–Crippen MR) is 105 cm³/mol. The van der Waals surface area contributed by atoms with Gasteiger partial charge in [-0.05, 0) is 35.8 Å². The molecule has 1 aromatic carbocycles. The number of hydrogen-bond donors (Lipinski definition) is 0. The van der Waals surface area contributed by atoms with Gasteiger partial charge in [0.25, 0.3) is 0 Å². The summed E-state index contributed by atoms with van der Waals surface area (Å²) in [5, 5.41) is 11.9. The van der Waals surface area contributed by atoms with Crippen molar-refractivity contribution in [1.29, 1.82) is 0 Å². The zero-order valence-corrected chi connectivity index (χ0v) is 17.2. The van der Waals surface area contributed by atoms with E-state index in [2.05, 4.69) is 36.2 Å². The molecule has 0 aliphatic heterocycles. The lowest BCUT2D eigenvalue weighted by Gasteiger charge is -2.36. The van der Waals surface area contributed by atoms with Crippen molar-refractivity contribution < 1.29 is 19.1 Å². The van der Waals surface area contributed by atoms with E-state index in [1.54, 1.807) is 0 Å². The van der Waals surface area contributed by atoms with E-state index in [1.807, 2.05) is 30.3 Å². The van der Waals surface area contributed by atoms with Crippen molar-refractivity contribution in [3.8, 4) is 11.4 Å². The van der Waals surface area contributed by atoms with Gasteiger partial charge >= 0.3 is 11.9 Å². The minimum absolute atomic E-state index is 0.115. The average molecular weight is 400 g/mol. The van der Waals surface area contributed by atoms with E-state index in [-0.39, 0.29) is 12.6 Å². The summed E-state index contributed by atoms with van der Waals surface area (Å²) in [4.78, 5) is 25.3. The lowest BCUT2D eigenvalue weighted by atomic mass is 9.75. The first kappa shape index (κ1) is 21.0. The highest BCUT2D eigenvalue weighted by molar-refractivity contribution is 5.76. The standard InChI is InChI=1S/C21H28N4O4/c1-14(2)17-10-9-15(3)11-18(17)29-20(27)13-28-19(26)12-25-23-21(22-24-25)16-7-5-4-6-8-16/h4-8,14-15,17-18H,9-13H2,1-3H3. The number of aromatic nitrogens is 4. The SMILES string of the molecule is CC1CCC(C(C)C)C(OC(=O)COC(=O)Cn2nnc(-c3ccccc3)n2)C1. The molecule has 156 valence electrons. The van der Waals surface area contributed by atoms with Crippen LogP contribution in [0.2, 0.25) is 0 Å². The molecule has 3 atom stereocenters. The van der Waals surface area contributed by atoms with Crippen LogP contribution >= 0.6 is 0 Å². The van der Waals surface area contributed by atoms with Gasteiger partial charge < -0.3 is 9.47 Å². The third kappa shape index (κ3) is 5.85. The summed E-state index contributed by atoms with van der Waals surface area (Å²) in [5.74, 6) is 0.615. The average Bonchev–Trinajstić information content (AvgIpc) is 3.15. The molecule has 2 aromatic rings. The lowest BCUT2D eigenvalue weighted by molar-refractivity contribution is -0.167. The third-order valence-corrected chi connectivity index (χ3v) is 5.35. The number of esters is 2. The summed E-state index contributed by atoms with van der Waals surface area (Å²) >= 11 is 0. The molecule has 0 spiro atoms. The molecule has 1 fully saturated rings. The first-order chi connectivity index (χ1) is 13.9. The molecule has 3 unspecified atom stereocenters. The Morgan fingerprint density at radius 3 is 2.66 bits per heavy atom. The van der Waals surface area contributed by atoms with Gasteiger partial charge in [-0.1, -0.05) is 57.5 Å². The number of nitrogens with zero attached hydrogens (tertiary/aromatic N) is 4. The number of hydrogen-bond acceptors (Lipinski definition) is 7. The maximum Gasteiger partial charge on any atom is 0.344 e. The molecule has 0 bridgehead atoms. The van der Waals surface area contributed by atoms with Crippen molar-refractivity contribution >= 4 is 11.9 Å². The quantitative estimate of drug-likeness (QED) is 0.659. The highest BCUT2D eigenvalue weighted by atomic mass is 16.6. The van der Waals surface area contributed by atoms with Crippen LogP contribution in [-0.4, -0.2) is 44.9 Å². The Kier molecular flexibility index (Phi) is 6.95. The van der Waals surface area contributed by atoms with Crippen LogP contribution in [0.25, 0.3) is 11.4 Å². The number of tetrazole rings is 1. The molecule has 8 heteroatoms. The van der Waals surface area contributed by atoms with Crippen LogP contribution in [-0.2, 0) is 25.6 Å². The molecule has 1 saturated carbocycles.